The lowest BCUT2D eigenvalue weighted by molar-refractivity contribution is -0.0498. The highest BCUT2D eigenvalue weighted by atomic mass is 127. The van der Waals surface area contributed by atoms with Crippen LogP contribution in [0.15, 0.2) is 65.9 Å². The van der Waals surface area contributed by atoms with Crippen LogP contribution in [-0.2, 0) is 13.1 Å². The molecule has 1 heterocycles. The summed E-state index contributed by atoms with van der Waals surface area (Å²) < 4.78 is 30.8. The van der Waals surface area contributed by atoms with Crippen molar-refractivity contribution in [2.24, 2.45) is 4.99 Å². The average molecular weight is 528 g/mol. The number of benzene rings is 2. The van der Waals surface area contributed by atoms with E-state index in [0.29, 0.717) is 19.0 Å². The van der Waals surface area contributed by atoms with Gasteiger partial charge in [-0.1, -0.05) is 30.3 Å². The second-order valence-electron chi connectivity index (χ2n) is 6.23. The zero-order valence-corrected chi connectivity index (χ0v) is 18.9. The molecule has 0 amide bonds. The van der Waals surface area contributed by atoms with E-state index in [2.05, 4.69) is 25.2 Å². The fourth-order valence-corrected chi connectivity index (χ4v) is 2.85. The van der Waals surface area contributed by atoms with Crippen molar-refractivity contribution >= 4 is 29.9 Å². The first-order valence-corrected chi connectivity index (χ1v) is 8.96. The van der Waals surface area contributed by atoms with Gasteiger partial charge in [-0.3, -0.25) is 9.56 Å². The predicted molar refractivity (Wildman–Crippen MR) is 122 cm³/mol. The van der Waals surface area contributed by atoms with Crippen LogP contribution in [0, 0.1) is 0 Å². The van der Waals surface area contributed by atoms with Gasteiger partial charge in [0, 0.05) is 26.3 Å². The minimum absolute atomic E-state index is 0. The normalized spacial score (nSPS) is 11.2. The molecule has 0 saturated carbocycles. The Balaban J connectivity index is 0.00000320. The minimum Gasteiger partial charge on any atom is -0.435 e. The summed E-state index contributed by atoms with van der Waals surface area (Å²) in [5, 5.41) is 11.4. The van der Waals surface area contributed by atoms with Crippen LogP contribution in [-0.4, -0.2) is 46.3 Å². The van der Waals surface area contributed by atoms with Crippen molar-refractivity contribution in [1.82, 2.24) is 25.0 Å². The largest absolute Gasteiger partial charge is 0.435 e. The van der Waals surface area contributed by atoms with Crippen molar-refractivity contribution in [2.45, 2.75) is 19.7 Å². The number of guanidine groups is 1. The number of ether oxygens (including phenoxy) is 1. The lowest BCUT2D eigenvalue weighted by Crippen LogP contribution is -2.38. The molecule has 0 saturated heterocycles. The van der Waals surface area contributed by atoms with Crippen molar-refractivity contribution < 1.29 is 13.5 Å². The summed E-state index contributed by atoms with van der Waals surface area (Å²) >= 11 is 0. The van der Waals surface area contributed by atoms with Crippen LogP contribution in [0.4, 0.5) is 8.78 Å². The Bertz CT molecular complexity index is 934. The highest BCUT2D eigenvalue weighted by molar-refractivity contribution is 14.0. The van der Waals surface area contributed by atoms with Gasteiger partial charge in [0.1, 0.15) is 12.1 Å². The molecule has 0 atom stereocenters. The Kier molecular flexibility index (Phi) is 8.96. The maximum atomic E-state index is 12.3. The van der Waals surface area contributed by atoms with Crippen molar-refractivity contribution in [3.05, 3.63) is 72.3 Å². The van der Waals surface area contributed by atoms with Gasteiger partial charge in [0.25, 0.3) is 0 Å². The fourth-order valence-electron chi connectivity index (χ4n) is 2.85. The highest BCUT2D eigenvalue weighted by Crippen LogP contribution is 2.16. The van der Waals surface area contributed by atoms with Gasteiger partial charge >= 0.3 is 6.61 Å². The van der Waals surface area contributed by atoms with Crippen LogP contribution in [0.1, 0.15) is 11.4 Å². The number of halogens is 3. The van der Waals surface area contributed by atoms with E-state index < -0.39 is 6.61 Å². The van der Waals surface area contributed by atoms with E-state index in [9.17, 15) is 8.78 Å². The molecule has 0 bridgehead atoms. The molecule has 10 heteroatoms. The number of para-hydroxylation sites is 1. The van der Waals surface area contributed by atoms with Gasteiger partial charge in [-0.25, -0.2) is 0 Å². The lowest BCUT2D eigenvalue weighted by Gasteiger charge is -2.22. The van der Waals surface area contributed by atoms with Crippen LogP contribution in [0.5, 0.6) is 5.75 Å². The molecule has 0 fully saturated rings. The number of nitrogens with zero attached hydrogens (tertiary/aromatic N) is 5. The smallest absolute Gasteiger partial charge is 0.387 e. The molecule has 7 nitrogen and oxygen atoms in total. The van der Waals surface area contributed by atoms with Crippen molar-refractivity contribution in [3.8, 4) is 11.4 Å². The van der Waals surface area contributed by atoms with Gasteiger partial charge in [-0.15, -0.1) is 34.2 Å². The van der Waals surface area contributed by atoms with E-state index in [1.54, 1.807) is 25.5 Å². The van der Waals surface area contributed by atoms with E-state index in [1.807, 2.05) is 46.8 Å². The third-order valence-electron chi connectivity index (χ3n) is 4.20. The van der Waals surface area contributed by atoms with Gasteiger partial charge in [-0.05, 0) is 29.8 Å². The summed E-state index contributed by atoms with van der Waals surface area (Å²) in [6.07, 6.45) is 1.67. The van der Waals surface area contributed by atoms with Crippen LogP contribution in [0.3, 0.4) is 0 Å². The zero-order valence-electron chi connectivity index (χ0n) is 16.6. The molecule has 160 valence electrons. The SMILES string of the molecule is CN=C(NCc1nncn1-c1ccccc1)N(C)Cc1ccc(OC(F)F)cc1.I. The average Bonchev–Trinajstić information content (AvgIpc) is 3.19. The van der Waals surface area contributed by atoms with E-state index in [-0.39, 0.29) is 29.7 Å². The molecular weight excluding hydrogens is 505 g/mol. The number of alkyl halides is 2. The predicted octanol–water partition coefficient (Wildman–Crippen LogP) is 3.69. The molecule has 0 aliphatic rings. The van der Waals surface area contributed by atoms with Crippen molar-refractivity contribution in [1.29, 1.82) is 0 Å². The second kappa shape index (κ2) is 11.4. The molecule has 0 aliphatic carbocycles. The van der Waals surface area contributed by atoms with Gasteiger partial charge in [0.2, 0.25) is 0 Å². The molecule has 30 heavy (non-hydrogen) atoms. The van der Waals surface area contributed by atoms with Crippen LogP contribution < -0.4 is 10.1 Å². The number of aliphatic imine (C=N–C) groups is 1. The fraction of sp³-hybridized carbons (Fsp3) is 0.250. The Labute approximate surface area is 190 Å². The Morgan fingerprint density at radius 1 is 1.17 bits per heavy atom. The molecule has 3 aromatic rings. The number of nitrogens with one attached hydrogen (secondary N) is 1. The van der Waals surface area contributed by atoms with Crippen LogP contribution in [0.25, 0.3) is 5.69 Å². The first-order chi connectivity index (χ1) is 14.1. The van der Waals surface area contributed by atoms with E-state index in [4.69, 9.17) is 0 Å². The summed E-state index contributed by atoms with van der Waals surface area (Å²) in [6.45, 7) is -1.85. The monoisotopic (exact) mass is 528 g/mol. The summed E-state index contributed by atoms with van der Waals surface area (Å²) in [6, 6.07) is 16.4. The third-order valence-corrected chi connectivity index (χ3v) is 4.20. The first kappa shape index (κ1) is 23.5. The second-order valence-corrected chi connectivity index (χ2v) is 6.23. The molecule has 0 radical (unpaired) electrons. The minimum atomic E-state index is -2.83. The number of hydrogen-bond acceptors (Lipinski definition) is 4. The number of aromatic nitrogens is 3. The van der Waals surface area contributed by atoms with E-state index >= 15 is 0 Å². The first-order valence-electron chi connectivity index (χ1n) is 8.96. The third kappa shape index (κ3) is 6.37. The quantitative estimate of drug-likeness (QED) is 0.288. The molecule has 0 aliphatic heterocycles. The van der Waals surface area contributed by atoms with Crippen molar-refractivity contribution in [2.75, 3.05) is 14.1 Å². The molecule has 1 aromatic heterocycles. The molecule has 0 unspecified atom stereocenters. The van der Waals surface area contributed by atoms with Gasteiger partial charge < -0.3 is 15.0 Å². The maximum absolute atomic E-state index is 12.3. The van der Waals surface area contributed by atoms with Gasteiger partial charge in [0.05, 0.1) is 6.54 Å². The molecule has 1 N–H and O–H groups in total. The number of hydrogen-bond donors (Lipinski definition) is 1. The van der Waals surface area contributed by atoms with Crippen LogP contribution in [0.2, 0.25) is 0 Å². The highest BCUT2D eigenvalue weighted by Gasteiger charge is 2.11. The summed E-state index contributed by atoms with van der Waals surface area (Å²) in [4.78, 5) is 6.22. The summed E-state index contributed by atoms with van der Waals surface area (Å²) in [5.41, 5.74) is 1.91. The van der Waals surface area contributed by atoms with Gasteiger partial charge in [-0.2, -0.15) is 8.78 Å². The standard InChI is InChI=1S/C20H22F2N6O.HI/c1-23-20(27(2)13-15-8-10-17(11-9-15)29-19(21)22)24-12-18-26-25-14-28(18)16-6-4-3-5-7-16;/h3-11,14,19H,12-13H2,1-2H3,(H,23,24);1H. The Morgan fingerprint density at radius 2 is 1.87 bits per heavy atom. The lowest BCUT2D eigenvalue weighted by atomic mass is 10.2. The van der Waals surface area contributed by atoms with Crippen LogP contribution >= 0.6 is 24.0 Å². The van der Waals surface area contributed by atoms with Crippen molar-refractivity contribution in [3.63, 3.8) is 0 Å². The molecular formula is C20H23F2IN6O. The Hall–Kier alpha value is -2.76. The van der Waals surface area contributed by atoms with Gasteiger partial charge in [0.15, 0.2) is 11.8 Å². The topological polar surface area (TPSA) is 67.6 Å². The number of rotatable bonds is 7. The maximum Gasteiger partial charge on any atom is 0.387 e. The zero-order chi connectivity index (χ0) is 20.6. The molecule has 3 rings (SSSR count). The van der Waals surface area contributed by atoms with E-state index in [0.717, 1.165) is 17.1 Å². The summed E-state index contributed by atoms with van der Waals surface area (Å²) in [7, 11) is 3.58. The molecule has 0 spiro atoms. The Morgan fingerprint density at radius 3 is 2.50 bits per heavy atom. The summed E-state index contributed by atoms with van der Waals surface area (Å²) in [5.74, 6) is 1.55. The van der Waals surface area contributed by atoms with E-state index in [1.165, 1.54) is 12.1 Å². The molecule has 2 aromatic carbocycles.